The van der Waals surface area contributed by atoms with Gasteiger partial charge in [-0.05, 0) is 30.1 Å². The van der Waals surface area contributed by atoms with Crippen LogP contribution in [0.3, 0.4) is 0 Å². The third-order valence-corrected chi connectivity index (χ3v) is 4.01. The fourth-order valence-electron chi connectivity index (χ4n) is 1.54. The zero-order valence-electron chi connectivity index (χ0n) is 9.91. The first-order chi connectivity index (χ1) is 5.83. The minimum absolute atomic E-state index is 0.483. The summed E-state index contributed by atoms with van der Waals surface area (Å²) in [5.74, 6) is 0. The summed E-state index contributed by atoms with van der Waals surface area (Å²) in [7, 11) is 0. The normalized spacial score (nSPS) is 17.1. The molecule has 0 aromatic rings. The summed E-state index contributed by atoms with van der Waals surface area (Å²) < 4.78 is 0. The minimum atomic E-state index is 0.483. The van der Waals surface area contributed by atoms with E-state index in [2.05, 4.69) is 50.5 Å². The molecule has 0 aliphatic carbocycles. The Morgan fingerprint density at radius 3 is 1.77 bits per heavy atom. The Morgan fingerprint density at radius 1 is 0.923 bits per heavy atom. The third-order valence-electron chi connectivity index (χ3n) is 2.65. The van der Waals surface area contributed by atoms with E-state index < -0.39 is 0 Å². The van der Waals surface area contributed by atoms with Crippen LogP contribution in [0.4, 0.5) is 0 Å². The lowest BCUT2D eigenvalue weighted by Gasteiger charge is -2.30. The molecule has 0 aliphatic rings. The number of halogens is 1. The molecule has 1 heteroatoms. The van der Waals surface area contributed by atoms with Crippen LogP contribution < -0.4 is 0 Å². The second-order valence-corrected chi connectivity index (χ2v) is 6.32. The van der Waals surface area contributed by atoms with E-state index in [0.29, 0.717) is 10.8 Å². The molecule has 0 saturated carbocycles. The summed E-state index contributed by atoms with van der Waals surface area (Å²) >= 11 is 3.64. The van der Waals surface area contributed by atoms with Crippen molar-refractivity contribution in [2.45, 2.75) is 60.3 Å². The molecule has 0 aromatic carbocycles. The molecule has 0 spiro atoms. The molecule has 0 amide bonds. The average Bonchev–Trinajstić information content (AvgIpc) is 2.01. The number of hydrogen-bond donors (Lipinski definition) is 0. The Morgan fingerprint density at radius 2 is 1.46 bits per heavy atom. The molecule has 80 valence electrons. The van der Waals surface area contributed by atoms with Gasteiger partial charge in [0.1, 0.15) is 0 Å². The Hall–Kier alpha value is 0.480. The molecule has 0 heterocycles. The van der Waals surface area contributed by atoms with Crippen molar-refractivity contribution in [1.82, 2.24) is 0 Å². The Labute approximate surface area is 92.6 Å². The Bertz CT molecular complexity index is 135. The molecule has 1 atom stereocenters. The van der Waals surface area contributed by atoms with Crippen LogP contribution in [0.1, 0.15) is 60.3 Å². The summed E-state index contributed by atoms with van der Waals surface area (Å²) in [6.07, 6.45) is 5.31. The SMILES string of the molecule is CCCC(C)(CBr)CCC(C)(C)C. The smallest absolute Gasteiger partial charge is 0.00853 e. The van der Waals surface area contributed by atoms with Gasteiger partial charge in [0.25, 0.3) is 0 Å². The number of alkyl halides is 1. The van der Waals surface area contributed by atoms with Gasteiger partial charge in [0.05, 0.1) is 0 Å². The van der Waals surface area contributed by atoms with Crippen molar-refractivity contribution >= 4 is 15.9 Å². The Kier molecular flexibility index (Phi) is 5.58. The molecular weight excluding hydrogens is 224 g/mol. The van der Waals surface area contributed by atoms with Crippen molar-refractivity contribution in [3.8, 4) is 0 Å². The van der Waals surface area contributed by atoms with Gasteiger partial charge in [0.15, 0.2) is 0 Å². The molecule has 0 fully saturated rings. The average molecular weight is 249 g/mol. The highest BCUT2D eigenvalue weighted by atomic mass is 79.9. The highest BCUT2D eigenvalue weighted by molar-refractivity contribution is 9.09. The van der Waals surface area contributed by atoms with Crippen molar-refractivity contribution in [3.05, 3.63) is 0 Å². The van der Waals surface area contributed by atoms with Crippen molar-refractivity contribution in [2.75, 3.05) is 5.33 Å². The molecule has 13 heavy (non-hydrogen) atoms. The maximum atomic E-state index is 3.64. The van der Waals surface area contributed by atoms with Crippen LogP contribution in [-0.2, 0) is 0 Å². The first-order valence-corrected chi connectivity index (χ1v) is 6.51. The second kappa shape index (κ2) is 5.38. The van der Waals surface area contributed by atoms with E-state index in [0.717, 1.165) is 5.33 Å². The lowest BCUT2D eigenvalue weighted by atomic mass is 9.78. The maximum Gasteiger partial charge on any atom is 0.00853 e. The van der Waals surface area contributed by atoms with Gasteiger partial charge in [-0.1, -0.05) is 57.0 Å². The first-order valence-electron chi connectivity index (χ1n) is 5.39. The van der Waals surface area contributed by atoms with Crippen LogP contribution in [0.2, 0.25) is 0 Å². The van der Waals surface area contributed by atoms with Gasteiger partial charge >= 0.3 is 0 Å². The van der Waals surface area contributed by atoms with Crippen LogP contribution in [0.5, 0.6) is 0 Å². The molecule has 0 aliphatic heterocycles. The van der Waals surface area contributed by atoms with Gasteiger partial charge in [-0.25, -0.2) is 0 Å². The van der Waals surface area contributed by atoms with Gasteiger partial charge in [0, 0.05) is 5.33 Å². The molecule has 0 aromatic heterocycles. The number of rotatable bonds is 5. The van der Waals surface area contributed by atoms with Gasteiger partial charge in [-0.3, -0.25) is 0 Å². The molecule has 1 unspecified atom stereocenters. The number of hydrogen-bond acceptors (Lipinski definition) is 0. The highest BCUT2D eigenvalue weighted by Crippen LogP contribution is 2.35. The summed E-state index contributed by atoms with van der Waals surface area (Å²) in [5, 5.41) is 1.14. The summed E-state index contributed by atoms with van der Waals surface area (Å²) in [5.41, 5.74) is 0.999. The van der Waals surface area contributed by atoms with Gasteiger partial charge < -0.3 is 0 Å². The van der Waals surface area contributed by atoms with Gasteiger partial charge in [-0.15, -0.1) is 0 Å². The van der Waals surface area contributed by atoms with Crippen molar-refractivity contribution in [3.63, 3.8) is 0 Å². The molecular formula is C12H25Br. The van der Waals surface area contributed by atoms with Crippen molar-refractivity contribution < 1.29 is 0 Å². The predicted molar refractivity (Wildman–Crippen MR) is 65.5 cm³/mol. The lowest BCUT2D eigenvalue weighted by Crippen LogP contribution is -2.21. The zero-order chi connectivity index (χ0) is 10.5. The van der Waals surface area contributed by atoms with Crippen LogP contribution in [-0.4, -0.2) is 5.33 Å². The molecule has 0 N–H and O–H groups in total. The van der Waals surface area contributed by atoms with Crippen molar-refractivity contribution in [1.29, 1.82) is 0 Å². The lowest BCUT2D eigenvalue weighted by molar-refractivity contribution is 0.246. The van der Waals surface area contributed by atoms with Crippen LogP contribution in [0, 0.1) is 10.8 Å². The van der Waals surface area contributed by atoms with Crippen LogP contribution in [0.25, 0.3) is 0 Å². The van der Waals surface area contributed by atoms with Crippen molar-refractivity contribution in [2.24, 2.45) is 10.8 Å². The fraction of sp³-hybridized carbons (Fsp3) is 1.00. The van der Waals surface area contributed by atoms with E-state index in [4.69, 9.17) is 0 Å². The highest BCUT2D eigenvalue weighted by Gasteiger charge is 2.24. The van der Waals surface area contributed by atoms with Crippen LogP contribution >= 0.6 is 15.9 Å². The van der Waals surface area contributed by atoms with Gasteiger partial charge in [-0.2, -0.15) is 0 Å². The minimum Gasteiger partial charge on any atom is -0.0922 e. The maximum absolute atomic E-state index is 3.64. The topological polar surface area (TPSA) is 0 Å². The summed E-state index contributed by atoms with van der Waals surface area (Å²) in [6.45, 7) is 11.7. The largest absolute Gasteiger partial charge is 0.0922 e. The van der Waals surface area contributed by atoms with E-state index in [9.17, 15) is 0 Å². The van der Waals surface area contributed by atoms with Gasteiger partial charge in [0.2, 0.25) is 0 Å². The van der Waals surface area contributed by atoms with E-state index in [-0.39, 0.29) is 0 Å². The predicted octanol–water partition coefficient (Wildman–Crippen LogP) is 5.01. The molecule has 0 bridgehead atoms. The third kappa shape index (κ3) is 6.54. The Balaban J connectivity index is 3.97. The summed E-state index contributed by atoms with van der Waals surface area (Å²) in [6, 6.07) is 0. The van der Waals surface area contributed by atoms with Crippen LogP contribution in [0.15, 0.2) is 0 Å². The van der Waals surface area contributed by atoms with E-state index in [1.807, 2.05) is 0 Å². The monoisotopic (exact) mass is 248 g/mol. The molecule has 0 radical (unpaired) electrons. The zero-order valence-corrected chi connectivity index (χ0v) is 11.5. The van der Waals surface area contributed by atoms with E-state index >= 15 is 0 Å². The van der Waals surface area contributed by atoms with E-state index in [1.165, 1.54) is 25.7 Å². The fourth-order valence-corrected chi connectivity index (χ4v) is 2.10. The second-order valence-electron chi connectivity index (χ2n) is 5.75. The standard InChI is InChI=1S/C12H25Br/c1-6-7-12(5,10-13)9-8-11(2,3)4/h6-10H2,1-5H3. The molecule has 0 saturated heterocycles. The molecule has 0 nitrogen and oxygen atoms in total. The molecule has 0 rings (SSSR count). The summed E-state index contributed by atoms with van der Waals surface area (Å²) in [4.78, 5) is 0. The first kappa shape index (κ1) is 13.5. The quantitative estimate of drug-likeness (QED) is 0.600. The van der Waals surface area contributed by atoms with E-state index in [1.54, 1.807) is 0 Å².